The molecule has 2 N–H and O–H groups in total. The average molecular weight is 261 g/mol. The number of nitrogens with two attached hydrogens (primary N) is 1. The normalized spacial score (nSPS) is 10.6. The first-order chi connectivity index (χ1) is 9.04. The Hall–Kier alpha value is -2.44. The number of nitrogen functional groups attached to an aromatic ring is 1. The van der Waals surface area contributed by atoms with Crippen LogP contribution in [0.2, 0.25) is 0 Å². The van der Waals surface area contributed by atoms with Gasteiger partial charge in [-0.2, -0.15) is 0 Å². The van der Waals surface area contributed by atoms with E-state index in [9.17, 15) is 10.1 Å². The van der Waals surface area contributed by atoms with Gasteiger partial charge in [0, 0.05) is 6.07 Å². The maximum Gasteiger partial charge on any atom is 0.294 e. The van der Waals surface area contributed by atoms with E-state index < -0.39 is 4.92 Å². The summed E-state index contributed by atoms with van der Waals surface area (Å²) >= 11 is 0. The van der Waals surface area contributed by atoms with Crippen LogP contribution in [0, 0.1) is 17.0 Å². The molecule has 19 heavy (non-hydrogen) atoms. The fraction of sp³-hybridized carbons (Fsp3) is 0.333. The predicted molar refractivity (Wildman–Crippen MR) is 71.2 cm³/mol. The van der Waals surface area contributed by atoms with E-state index in [1.165, 1.54) is 10.7 Å². The second-order valence-electron chi connectivity index (χ2n) is 4.33. The van der Waals surface area contributed by atoms with Crippen LogP contribution in [0.5, 0.6) is 0 Å². The number of aryl methyl sites for hydroxylation is 1. The fourth-order valence-electron chi connectivity index (χ4n) is 1.93. The van der Waals surface area contributed by atoms with Gasteiger partial charge in [-0.25, -0.2) is 4.68 Å². The lowest BCUT2D eigenvalue weighted by atomic mass is 10.1. The van der Waals surface area contributed by atoms with E-state index in [0.29, 0.717) is 23.6 Å². The SMILES string of the molecule is CCCc1c(N)nnn1-c1cc(C)ccc1[N+](=O)[O-]. The summed E-state index contributed by atoms with van der Waals surface area (Å²) in [5.74, 6) is 0.317. The average Bonchev–Trinajstić information content (AvgIpc) is 2.71. The minimum absolute atomic E-state index is 0.00662. The summed E-state index contributed by atoms with van der Waals surface area (Å²) in [5, 5.41) is 18.8. The molecule has 0 atom stereocenters. The zero-order valence-corrected chi connectivity index (χ0v) is 10.8. The molecular formula is C12H15N5O2. The number of benzene rings is 1. The van der Waals surface area contributed by atoms with Crippen molar-refractivity contribution in [3.63, 3.8) is 0 Å². The molecule has 0 saturated carbocycles. The van der Waals surface area contributed by atoms with E-state index in [1.807, 2.05) is 13.8 Å². The largest absolute Gasteiger partial charge is 0.381 e. The van der Waals surface area contributed by atoms with Gasteiger partial charge in [0.15, 0.2) is 5.82 Å². The summed E-state index contributed by atoms with van der Waals surface area (Å²) in [4.78, 5) is 10.7. The van der Waals surface area contributed by atoms with Crippen LogP contribution in [-0.4, -0.2) is 19.9 Å². The van der Waals surface area contributed by atoms with Crippen LogP contribution in [0.1, 0.15) is 24.6 Å². The van der Waals surface area contributed by atoms with Crippen LogP contribution in [0.3, 0.4) is 0 Å². The van der Waals surface area contributed by atoms with Gasteiger partial charge in [-0.1, -0.05) is 24.6 Å². The number of anilines is 1. The first-order valence-corrected chi connectivity index (χ1v) is 6.00. The van der Waals surface area contributed by atoms with Crippen molar-refractivity contribution in [3.8, 4) is 5.69 Å². The zero-order chi connectivity index (χ0) is 14.0. The Labute approximate surface area is 110 Å². The molecule has 0 amide bonds. The Bertz CT molecular complexity index is 621. The summed E-state index contributed by atoms with van der Waals surface area (Å²) in [6.07, 6.45) is 1.53. The lowest BCUT2D eigenvalue weighted by Gasteiger charge is -2.07. The summed E-state index contributed by atoms with van der Waals surface area (Å²) in [7, 11) is 0. The molecule has 7 nitrogen and oxygen atoms in total. The molecule has 0 aliphatic heterocycles. The molecule has 1 aromatic heterocycles. The number of hydrogen-bond donors (Lipinski definition) is 1. The van der Waals surface area contributed by atoms with Crippen LogP contribution >= 0.6 is 0 Å². The van der Waals surface area contributed by atoms with Crippen LogP contribution in [-0.2, 0) is 6.42 Å². The van der Waals surface area contributed by atoms with Gasteiger partial charge < -0.3 is 5.73 Å². The second kappa shape index (κ2) is 5.05. The monoisotopic (exact) mass is 261 g/mol. The fourth-order valence-corrected chi connectivity index (χ4v) is 1.93. The highest BCUT2D eigenvalue weighted by molar-refractivity contribution is 5.55. The molecule has 0 unspecified atom stereocenters. The molecule has 1 aromatic carbocycles. The Kier molecular flexibility index (Phi) is 3.46. The zero-order valence-electron chi connectivity index (χ0n) is 10.8. The van der Waals surface area contributed by atoms with Gasteiger partial charge in [-0.3, -0.25) is 10.1 Å². The Balaban J connectivity index is 2.64. The third-order valence-corrected chi connectivity index (χ3v) is 2.84. The number of aromatic nitrogens is 3. The molecule has 2 aromatic rings. The summed E-state index contributed by atoms with van der Waals surface area (Å²) in [5.41, 5.74) is 7.78. The third kappa shape index (κ3) is 2.40. The van der Waals surface area contributed by atoms with Gasteiger partial charge in [0.25, 0.3) is 5.69 Å². The van der Waals surface area contributed by atoms with Crippen LogP contribution in [0.4, 0.5) is 11.5 Å². The number of nitro benzene ring substituents is 1. The van der Waals surface area contributed by atoms with Crippen molar-refractivity contribution in [2.45, 2.75) is 26.7 Å². The summed E-state index contributed by atoms with van der Waals surface area (Å²) in [6.45, 7) is 3.87. The van der Waals surface area contributed by atoms with E-state index in [1.54, 1.807) is 12.1 Å². The Morgan fingerprint density at radius 2 is 2.21 bits per heavy atom. The Morgan fingerprint density at radius 1 is 1.47 bits per heavy atom. The molecule has 0 bridgehead atoms. The molecule has 100 valence electrons. The quantitative estimate of drug-likeness (QED) is 0.670. The smallest absolute Gasteiger partial charge is 0.294 e. The highest BCUT2D eigenvalue weighted by Crippen LogP contribution is 2.26. The van der Waals surface area contributed by atoms with Gasteiger partial charge in [0.05, 0.1) is 10.6 Å². The second-order valence-corrected chi connectivity index (χ2v) is 4.33. The number of rotatable bonds is 4. The number of hydrogen-bond acceptors (Lipinski definition) is 5. The van der Waals surface area contributed by atoms with Gasteiger partial charge in [0.2, 0.25) is 0 Å². The van der Waals surface area contributed by atoms with E-state index in [4.69, 9.17) is 5.73 Å². The lowest BCUT2D eigenvalue weighted by molar-refractivity contribution is -0.384. The van der Waals surface area contributed by atoms with Crippen molar-refractivity contribution < 1.29 is 4.92 Å². The maximum atomic E-state index is 11.1. The molecule has 0 fully saturated rings. The van der Waals surface area contributed by atoms with Crippen LogP contribution < -0.4 is 5.73 Å². The predicted octanol–water partition coefficient (Wildman–Crippen LogP) is 2.02. The standard InChI is InChI=1S/C12H15N5O2/c1-3-4-10-12(13)14-15-16(10)11-7-8(2)5-6-9(11)17(18)19/h5-7H,3-4,13H2,1-2H3. The van der Waals surface area contributed by atoms with Crippen molar-refractivity contribution in [2.75, 3.05) is 5.73 Å². The Morgan fingerprint density at radius 3 is 2.84 bits per heavy atom. The maximum absolute atomic E-state index is 11.1. The number of nitro groups is 1. The van der Waals surface area contributed by atoms with E-state index >= 15 is 0 Å². The summed E-state index contributed by atoms with van der Waals surface area (Å²) < 4.78 is 1.46. The molecule has 0 aliphatic carbocycles. The van der Waals surface area contributed by atoms with Crippen molar-refractivity contribution >= 4 is 11.5 Å². The molecule has 0 spiro atoms. The third-order valence-electron chi connectivity index (χ3n) is 2.84. The van der Waals surface area contributed by atoms with Gasteiger partial charge in [-0.05, 0) is 25.0 Å². The molecule has 2 rings (SSSR count). The topological polar surface area (TPSA) is 99.9 Å². The highest BCUT2D eigenvalue weighted by Gasteiger charge is 2.20. The van der Waals surface area contributed by atoms with Gasteiger partial charge >= 0.3 is 0 Å². The van der Waals surface area contributed by atoms with E-state index in [0.717, 1.165) is 12.0 Å². The number of nitrogens with zero attached hydrogens (tertiary/aromatic N) is 4. The van der Waals surface area contributed by atoms with Crippen molar-refractivity contribution in [1.29, 1.82) is 0 Å². The molecule has 0 aliphatic rings. The minimum atomic E-state index is -0.428. The lowest BCUT2D eigenvalue weighted by Crippen LogP contribution is -2.07. The molecule has 7 heteroatoms. The van der Waals surface area contributed by atoms with Gasteiger partial charge in [-0.15, -0.1) is 5.10 Å². The van der Waals surface area contributed by atoms with Crippen molar-refractivity contribution in [3.05, 3.63) is 39.6 Å². The van der Waals surface area contributed by atoms with Gasteiger partial charge in [0.1, 0.15) is 5.69 Å². The van der Waals surface area contributed by atoms with Crippen molar-refractivity contribution in [1.82, 2.24) is 15.0 Å². The van der Waals surface area contributed by atoms with E-state index in [2.05, 4.69) is 10.3 Å². The first-order valence-electron chi connectivity index (χ1n) is 6.00. The minimum Gasteiger partial charge on any atom is -0.381 e. The molecule has 1 heterocycles. The molecule has 0 saturated heterocycles. The highest BCUT2D eigenvalue weighted by atomic mass is 16.6. The molecule has 0 radical (unpaired) electrons. The first kappa shape index (κ1) is 13.0. The van der Waals surface area contributed by atoms with Crippen molar-refractivity contribution in [2.24, 2.45) is 0 Å². The molecular weight excluding hydrogens is 246 g/mol. The van der Waals surface area contributed by atoms with Crippen LogP contribution in [0.25, 0.3) is 5.69 Å². The van der Waals surface area contributed by atoms with Crippen LogP contribution in [0.15, 0.2) is 18.2 Å². The summed E-state index contributed by atoms with van der Waals surface area (Å²) in [6, 6.07) is 4.88. The van der Waals surface area contributed by atoms with E-state index in [-0.39, 0.29) is 5.69 Å².